The maximum Gasteiger partial charge on any atom is 0.166 e. The maximum absolute atomic E-state index is 12.8. The van der Waals surface area contributed by atoms with Crippen LogP contribution in [0.15, 0.2) is 59.8 Å². The molecule has 0 saturated carbocycles. The average Bonchev–Trinajstić information content (AvgIpc) is 2.79. The van der Waals surface area contributed by atoms with Crippen LogP contribution in [0.1, 0.15) is 47.2 Å². The van der Waals surface area contributed by atoms with Gasteiger partial charge in [0.25, 0.3) is 0 Å². The molecule has 0 atom stereocenters. The van der Waals surface area contributed by atoms with E-state index < -0.39 is 0 Å². The van der Waals surface area contributed by atoms with Gasteiger partial charge < -0.3 is 15.5 Å². The van der Waals surface area contributed by atoms with Crippen molar-refractivity contribution < 1.29 is 9.63 Å². The summed E-state index contributed by atoms with van der Waals surface area (Å²) in [6.45, 7) is 5.88. The molecule has 0 bridgehead atoms. The predicted molar refractivity (Wildman–Crippen MR) is 122 cm³/mol. The lowest BCUT2D eigenvalue weighted by atomic mass is 9.88. The van der Waals surface area contributed by atoms with Gasteiger partial charge >= 0.3 is 0 Å². The second kappa shape index (κ2) is 11.6. The molecule has 2 aromatic rings. The van der Waals surface area contributed by atoms with Gasteiger partial charge in [-0.2, -0.15) is 0 Å². The van der Waals surface area contributed by atoms with Crippen LogP contribution in [0.3, 0.4) is 0 Å². The number of nitrogens with zero attached hydrogens (tertiary/aromatic N) is 2. The molecule has 0 amide bonds. The topological polar surface area (TPSA) is 67.9 Å². The van der Waals surface area contributed by atoms with Crippen LogP contribution >= 0.6 is 0 Å². The summed E-state index contributed by atoms with van der Waals surface area (Å²) in [5.41, 5.74) is 9.56. The van der Waals surface area contributed by atoms with E-state index in [1.165, 1.54) is 0 Å². The number of carbonyl (C=O) groups excluding carboxylic acids is 1. The Hall–Kier alpha value is -2.50. The minimum absolute atomic E-state index is 0.147. The SMILES string of the molecule is Cc1cccc(C(=O)C2CCN(CCC/C(=N/OCCN)c3ccccc3)CC2)c1. The predicted octanol–water partition coefficient (Wildman–Crippen LogP) is 4.05. The van der Waals surface area contributed by atoms with Crippen molar-refractivity contribution in [2.75, 3.05) is 32.8 Å². The summed E-state index contributed by atoms with van der Waals surface area (Å²) in [5.74, 6) is 0.447. The zero-order valence-corrected chi connectivity index (χ0v) is 17.9. The first-order valence-corrected chi connectivity index (χ1v) is 10.9. The molecule has 0 aliphatic carbocycles. The van der Waals surface area contributed by atoms with Crippen LogP contribution in [0.5, 0.6) is 0 Å². The zero-order valence-electron chi connectivity index (χ0n) is 17.9. The highest BCUT2D eigenvalue weighted by molar-refractivity contribution is 6.00. The fourth-order valence-corrected chi connectivity index (χ4v) is 3.97. The van der Waals surface area contributed by atoms with Crippen LogP contribution < -0.4 is 5.73 Å². The molecule has 5 nitrogen and oxygen atoms in total. The summed E-state index contributed by atoms with van der Waals surface area (Å²) in [6, 6.07) is 18.1. The van der Waals surface area contributed by atoms with Crippen LogP contribution in [0.25, 0.3) is 0 Å². The van der Waals surface area contributed by atoms with Crippen molar-refractivity contribution in [3.8, 4) is 0 Å². The second-order valence-corrected chi connectivity index (χ2v) is 7.98. The van der Waals surface area contributed by atoms with Crippen LogP contribution in [0.4, 0.5) is 0 Å². The van der Waals surface area contributed by atoms with Crippen molar-refractivity contribution in [2.45, 2.75) is 32.6 Å². The molecular formula is C25H33N3O2. The van der Waals surface area contributed by atoms with E-state index in [-0.39, 0.29) is 5.92 Å². The van der Waals surface area contributed by atoms with Crippen molar-refractivity contribution in [1.29, 1.82) is 0 Å². The van der Waals surface area contributed by atoms with Gasteiger partial charge in [0.05, 0.1) is 5.71 Å². The van der Waals surface area contributed by atoms with E-state index in [0.717, 1.165) is 67.7 Å². The van der Waals surface area contributed by atoms with Crippen LogP contribution in [-0.4, -0.2) is 49.2 Å². The molecule has 1 aliphatic rings. The van der Waals surface area contributed by atoms with E-state index in [9.17, 15) is 4.79 Å². The molecule has 0 aromatic heterocycles. The Bertz CT molecular complexity index is 827. The first-order valence-electron chi connectivity index (χ1n) is 10.9. The Labute approximate surface area is 179 Å². The monoisotopic (exact) mass is 407 g/mol. The molecule has 0 radical (unpaired) electrons. The van der Waals surface area contributed by atoms with Crippen LogP contribution in [0.2, 0.25) is 0 Å². The average molecular weight is 408 g/mol. The Morgan fingerprint density at radius 1 is 1.10 bits per heavy atom. The number of Topliss-reactive ketones (excluding diaryl/α,β-unsaturated/α-hetero) is 1. The Kier molecular flexibility index (Phi) is 8.60. The van der Waals surface area contributed by atoms with Gasteiger partial charge in [0.1, 0.15) is 6.61 Å². The largest absolute Gasteiger partial charge is 0.394 e. The molecule has 0 spiro atoms. The van der Waals surface area contributed by atoms with Gasteiger partial charge in [-0.05, 0) is 63.9 Å². The van der Waals surface area contributed by atoms with E-state index in [0.29, 0.717) is 18.9 Å². The van der Waals surface area contributed by atoms with Gasteiger partial charge in [-0.3, -0.25) is 4.79 Å². The Balaban J connectivity index is 1.46. The summed E-state index contributed by atoms with van der Waals surface area (Å²) in [7, 11) is 0. The summed E-state index contributed by atoms with van der Waals surface area (Å²) in [6.07, 6.45) is 3.74. The van der Waals surface area contributed by atoms with Crippen molar-refractivity contribution in [3.05, 3.63) is 71.3 Å². The number of piperidine rings is 1. The summed E-state index contributed by atoms with van der Waals surface area (Å²) in [4.78, 5) is 20.6. The number of hydrogen-bond donors (Lipinski definition) is 1. The van der Waals surface area contributed by atoms with Gasteiger partial charge in [0, 0.05) is 18.0 Å². The van der Waals surface area contributed by atoms with E-state index in [1.807, 2.05) is 49.4 Å². The van der Waals surface area contributed by atoms with Crippen molar-refractivity contribution in [3.63, 3.8) is 0 Å². The quantitative estimate of drug-likeness (QED) is 0.279. The van der Waals surface area contributed by atoms with Crippen LogP contribution in [0, 0.1) is 12.8 Å². The second-order valence-electron chi connectivity index (χ2n) is 7.98. The van der Waals surface area contributed by atoms with E-state index in [1.54, 1.807) is 0 Å². The summed E-state index contributed by atoms with van der Waals surface area (Å²) >= 11 is 0. The van der Waals surface area contributed by atoms with Gasteiger partial charge in [-0.1, -0.05) is 59.3 Å². The number of hydrogen-bond acceptors (Lipinski definition) is 5. The number of likely N-dealkylation sites (tertiary alicyclic amines) is 1. The lowest BCUT2D eigenvalue weighted by Crippen LogP contribution is -2.37. The maximum atomic E-state index is 12.8. The molecule has 1 fully saturated rings. The number of rotatable bonds is 10. The first kappa shape index (κ1) is 22.2. The fourth-order valence-electron chi connectivity index (χ4n) is 3.97. The highest BCUT2D eigenvalue weighted by Crippen LogP contribution is 2.22. The standard InChI is InChI=1S/C25H33N3O2/c1-20-7-5-10-23(19-20)25(29)22-12-16-28(17-13-22)15-6-11-24(27-30-18-14-26)21-8-3-2-4-9-21/h2-5,7-10,19,22H,6,11-18,26H2,1H3/b27-24-. The first-order chi connectivity index (χ1) is 14.7. The Morgan fingerprint density at radius 3 is 2.53 bits per heavy atom. The molecule has 2 N–H and O–H groups in total. The molecule has 0 unspecified atom stereocenters. The minimum atomic E-state index is 0.147. The number of carbonyl (C=O) groups is 1. The van der Waals surface area contributed by atoms with Gasteiger partial charge in [-0.15, -0.1) is 0 Å². The normalized spacial score (nSPS) is 15.9. The van der Waals surface area contributed by atoms with Gasteiger partial charge in [0.15, 0.2) is 5.78 Å². The summed E-state index contributed by atoms with van der Waals surface area (Å²) < 4.78 is 0. The third-order valence-corrected chi connectivity index (χ3v) is 5.64. The van der Waals surface area contributed by atoms with Crippen LogP contribution in [-0.2, 0) is 4.84 Å². The molecule has 1 saturated heterocycles. The van der Waals surface area contributed by atoms with E-state index >= 15 is 0 Å². The molecule has 2 aromatic carbocycles. The highest BCUT2D eigenvalue weighted by Gasteiger charge is 2.25. The van der Waals surface area contributed by atoms with Gasteiger partial charge in [-0.25, -0.2) is 0 Å². The van der Waals surface area contributed by atoms with Crippen molar-refractivity contribution in [2.24, 2.45) is 16.8 Å². The number of aryl methyl sites for hydroxylation is 1. The molecule has 3 rings (SSSR count). The van der Waals surface area contributed by atoms with Crippen molar-refractivity contribution in [1.82, 2.24) is 4.90 Å². The van der Waals surface area contributed by atoms with E-state index in [4.69, 9.17) is 10.6 Å². The number of oxime groups is 1. The van der Waals surface area contributed by atoms with E-state index in [2.05, 4.69) is 22.2 Å². The van der Waals surface area contributed by atoms with Gasteiger partial charge in [0.2, 0.25) is 0 Å². The molecule has 30 heavy (non-hydrogen) atoms. The lowest BCUT2D eigenvalue weighted by molar-refractivity contribution is 0.0839. The number of ketones is 1. The zero-order chi connectivity index (χ0) is 21.2. The molecule has 1 heterocycles. The fraction of sp³-hybridized carbons (Fsp3) is 0.440. The third-order valence-electron chi connectivity index (χ3n) is 5.64. The molecule has 5 heteroatoms. The molecular weight excluding hydrogens is 374 g/mol. The minimum Gasteiger partial charge on any atom is -0.394 e. The Morgan fingerprint density at radius 2 is 1.83 bits per heavy atom. The number of nitrogens with two attached hydrogens (primary N) is 1. The number of benzene rings is 2. The third kappa shape index (κ3) is 6.51. The summed E-state index contributed by atoms with van der Waals surface area (Å²) in [5, 5.41) is 4.32. The lowest BCUT2D eigenvalue weighted by Gasteiger charge is -2.31. The highest BCUT2D eigenvalue weighted by atomic mass is 16.6. The molecule has 160 valence electrons. The molecule has 1 aliphatic heterocycles. The van der Waals surface area contributed by atoms with Crippen molar-refractivity contribution >= 4 is 11.5 Å². The smallest absolute Gasteiger partial charge is 0.166 e.